The number of nitrogens with one attached hydrogen (secondary N) is 2. The Hall–Kier alpha value is -2.74. The Morgan fingerprint density at radius 3 is 3.08 bits per heavy atom. The predicted molar refractivity (Wildman–Crippen MR) is 94.3 cm³/mol. The van der Waals surface area contributed by atoms with Crippen molar-refractivity contribution in [3.05, 3.63) is 47.6 Å². The number of piperazine rings is 1. The summed E-state index contributed by atoms with van der Waals surface area (Å²) in [5, 5.41) is 9.79. The molecular formula is C18H23N5O3. The maximum absolute atomic E-state index is 13.0. The number of nitrogens with zero attached hydrogens (tertiary/aromatic N) is 3. The summed E-state index contributed by atoms with van der Waals surface area (Å²) in [5.74, 6) is 0.155. The molecule has 0 aromatic carbocycles. The van der Waals surface area contributed by atoms with Crippen LogP contribution in [0.1, 0.15) is 35.2 Å². The third-order valence-corrected chi connectivity index (χ3v) is 4.33. The molecule has 8 heteroatoms. The maximum atomic E-state index is 13.0. The van der Waals surface area contributed by atoms with Crippen molar-refractivity contribution in [2.75, 3.05) is 19.6 Å². The number of aryl methyl sites for hydroxylation is 1. The van der Waals surface area contributed by atoms with E-state index in [4.69, 9.17) is 4.52 Å². The molecule has 1 unspecified atom stereocenters. The number of carbonyl (C=O) groups is 2. The third-order valence-electron chi connectivity index (χ3n) is 4.33. The fourth-order valence-corrected chi connectivity index (χ4v) is 2.98. The zero-order valence-corrected chi connectivity index (χ0v) is 14.8. The number of pyridine rings is 1. The zero-order chi connectivity index (χ0) is 18.4. The standard InChI is InChI=1S/C18H23N5O3/c1-2-5-16-14(11-22-26-16)18(25)23-9-8-19-12-15(23)17(24)21-10-13-6-3-4-7-20-13/h3-4,6-7,11,15,19H,2,5,8-10,12H2,1H3,(H,21,24). The van der Waals surface area contributed by atoms with E-state index in [-0.39, 0.29) is 11.8 Å². The first kappa shape index (κ1) is 18.1. The number of hydrogen-bond acceptors (Lipinski definition) is 6. The van der Waals surface area contributed by atoms with Crippen molar-refractivity contribution in [2.24, 2.45) is 0 Å². The van der Waals surface area contributed by atoms with Gasteiger partial charge in [-0.2, -0.15) is 0 Å². The number of aromatic nitrogens is 2. The summed E-state index contributed by atoms with van der Waals surface area (Å²) in [6, 6.07) is 4.96. The molecule has 2 N–H and O–H groups in total. The first-order valence-electron chi connectivity index (χ1n) is 8.83. The van der Waals surface area contributed by atoms with Crippen LogP contribution in [0.3, 0.4) is 0 Å². The first-order valence-corrected chi connectivity index (χ1v) is 8.83. The summed E-state index contributed by atoms with van der Waals surface area (Å²) >= 11 is 0. The van der Waals surface area contributed by atoms with Crippen molar-refractivity contribution in [1.29, 1.82) is 0 Å². The number of hydrogen-bond donors (Lipinski definition) is 2. The average molecular weight is 357 g/mol. The summed E-state index contributed by atoms with van der Waals surface area (Å²) in [7, 11) is 0. The second-order valence-corrected chi connectivity index (χ2v) is 6.17. The van der Waals surface area contributed by atoms with Crippen molar-refractivity contribution in [1.82, 2.24) is 25.7 Å². The fourth-order valence-electron chi connectivity index (χ4n) is 2.98. The molecule has 0 spiro atoms. The highest BCUT2D eigenvalue weighted by Crippen LogP contribution is 2.16. The monoisotopic (exact) mass is 357 g/mol. The number of carbonyl (C=O) groups excluding carboxylic acids is 2. The second-order valence-electron chi connectivity index (χ2n) is 6.17. The van der Waals surface area contributed by atoms with Crippen LogP contribution in [-0.2, 0) is 17.8 Å². The fraction of sp³-hybridized carbons (Fsp3) is 0.444. The molecule has 26 heavy (non-hydrogen) atoms. The largest absolute Gasteiger partial charge is 0.361 e. The molecule has 1 aliphatic heterocycles. The first-order chi connectivity index (χ1) is 12.7. The summed E-state index contributed by atoms with van der Waals surface area (Å²) in [4.78, 5) is 31.4. The van der Waals surface area contributed by atoms with Crippen LogP contribution in [0.4, 0.5) is 0 Å². The smallest absolute Gasteiger partial charge is 0.259 e. The van der Waals surface area contributed by atoms with Gasteiger partial charge in [-0.05, 0) is 18.6 Å². The highest BCUT2D eigenvalue weighted by Gasteiger charge is 2.34. The molecular weight excluding hydrogens is 334 g/mol. The SMILES string of the molecule is CCCc1oncc1C(=O)N1CCNCC1C(=O)NCc1ccccn1. The van der Waals surface area contributed by atoms with Gasteiger partial charge < -0.3 is 20.1 Å². The Morgan fingerprint density at radius 2 is 2.31 bits per heavy atom. The molecule has 1 aliphatic rings. The van der Waals surface area contributed by atoms with Gasteiger partial charge in [-0.25, -0.2) is 0 Å². The quantitative estimate of drug-likeness (QED) is 0.791. The van der Waals surface area contributed by atoms with E-state index in [2.05, 4.69) is 20.8 Å². The normalized spacial score (nSPS) is 17.1. The molecule has 1 atom stereocenters. The lowest BCUT2D eigenvalue weighted by molar-refractivity contribution is -0.126. The van der Waals surface area contributed by atoms with E-state index in [1.54, 1.807) is 11.1 Å². The Kier molecular flexibility index (Phi) is 5.96. The van der Waals surface area contributed by atoms with Gasteiger partial charge in [0.1, 0.15) is 17.4 Å². The summed E-state index contributed by atoms with van der Waals surface area (Å²) in [6.07, 6.45) is 4.62. The van der Waals surface area contributed by atoms with Crippen molar-refractivity contribution >= 4 is 11.8 Å². The van der Waals surface area contributed by atoms with Crippen LogP contribution in [0, 0.1) is 0 Å². The molecule has 2 amide bonds. The molecule has 138 valence electrons. The van der Waals surface area contributed by atoms with Crippen LogP contribution in [-0.4, -0.2) is 52.5 Å². The zero-order valence-electron chi connectivity index (χ0n) is 14.8. The number of rotatable bonds is 6. The molecule has 2 aromatic heterocycles. The minimum atomic E-state index is -0.579. The molecule has 3 heterocycles. The van der Waals surface area contributed by atoms with Crippen LogP contribution in [0.15, 0.2) is 35.1 Å². The predicted octanol–water partition coefficient (Wildman–Crippen LogP) is 0.753. The van der Waals surface area contributed by atoms with E-state index in [9.17, 15) is 9.59 Å². The van der Waals surface area contributed by atoms with Gasteiger partial charge in [-0.15, -0.1) is 0 Å². The maximum Gasteiger partial charge on any atom is 0.259 e. The van der Waals surface area contributed by atoms with E-state index >= 15 is 0 Å². The van der Waals surface area contributed by atoms with Gasteiger partial charge in [0.15, 0.2) is 0 Å². The van der Waals surface area contributed by atoms with E-state index in [0.717, 1.165) is 12.1 Å². The second kappa shape index (κ2) is 8.57. The van der Waals surface area contributed by atoms with Gasteiger partial charge in [0, 0.05) is 32.3 Å². The van der Waals surface area contributed by atoms with Crippen molar-refractivity contribution < 1.29 is 14.1 Å². The lowest BCUT2D eigenvalue weighted by Crippen LogP contribution is -2.59. The minimum Gasteiger partial charge on any atom is -0.361 e. The molecule has 0 aliphatic carbocycles. The van der Waals surface area contributed by atoms with Crippen molar-refractivity contribution in [2.45, 2.75) is 32.4 Å². The van der Waals surface area contributed by atoms with E-state index in [1.165, 1.54) is 6.20 Å². The Morgan fingerprint density at radius 1 is 1.42 bits per heavy atom. The summed E-state index contributed by atoms with van der Waals surface area (Å²) in [6.45, 7) is 3.84. The molecule has 0 radical (unpaired) electrons. The highest BCUT2D eigenvalue weighted by atomic mass is 16.5. The molecule has 8 nitrogen and oxygen atoms in total. The summed E-state index contributed by atoms with van der Waals surface area (Å²) < 4.78 is 5.20. The van der Waals surface area contributed by atoms with Gasteiger partial charge in [-0.1, -0.05) is 18.1 Å². The average Bonchev–Trinajstić information content (AvgIpc) is 3.15. The Bertz CT molecular complexity index is 746. The van der Waals surface area contributed by atoms with Crippen LogP contribution in [0.25, 0.3) is 0 Å². The lowest BCUT2D eigenvalue weighted by Gasteiger charge is -2.35. The third kappa shape index (κ3) is 4.08. The Balaban J connectivity index is 1.69. The van der Waals surface area contributed by atoms with Crippen LogP contribution in [0.2, 0.25) is 0 Å². The van der Waals surface area contributed by atoms with Gasteiger partial charge in [0.05, 0.1) is 18.4 Å². The minimum absolute atomic E-state index is 0.204. The molecule has 0 saturated carbocycles. The van der Waals surface area contributed by atoms with Gasteiger partial charge >= 0.3 is 0 Å². The molecule has 2 aromatic rings. The van der Waals surface area contributed by atoms with Crippen LogP contribution in [0.5, 0.6) is 0 Å². The van der Waals surface area contributed by atoms with Crippen molar-refractivity contribution in [3.8, 4) is 0 Å². The van der Waals surface area contributed by atoms with E-state index in [1.807, 2.05) is 25.1 Å². The number of amides is 2. The topological polar surface area (TPSA) is 100 Å². The summed E-state index contributed by atoms with van der Waals surface area (Å²) in [5.41, 5.74) is 1.21. The van der Waals surface area contributed by atoms with Crippen LogP contribution >= 0.6 is 0 Å². The highest BCUT2D eigenvalue weighted by molar-refractivity contribution is 5.98. The lowest BCUT2D eigenvalue weighted by atomic mass is 10.1. The molecule has 0 bridgehead atoms. The van der Waals surface area contributed by atoms with E-state index < -0.39 is 6.04 Å². The van der Waals surface area contributed by atoms with Crippen LogP contribution < -0.4 is 10.6 Å². The molecule has 3 rings (SSSR count). The van der Waals surface area contributed by atoms with E-state index in [0.29, 0.717) is 43.9 Å². The molecule has 1 saturated heterocycles. The van der Waals surface area contributed by atoms with Gasteiger partial charge in [0.25, 0.3) is 5.91 Å². The van der Waals surface area contributed by atoms with Gasteiger partial charge in [0.2, 0.25) is 5.91 Å². The Labute approximate surface area is 151 Å². The van der Waals surface area contributed by atoms with Gasteiger partial charge in [-0.3, -0.25) is 14.6 Å². The van der Waals surface area contributed by atoms with Crippen molar-refractivity contribution in [3.63, 3.8) is 0 Å². The molecule has 1 fully saturated rings.